The monoisotopic (exact) mass is 322 g/mol. The Hall–Kier alpha value is -1.44. The molecule has 8 heteroatoms. The molecular formula is C13H17F3N2O2S. The van der Waals surface area contributed by atoms with Gasteiger partial charge in [-0.15, -0.1) is 0 Å². The summed E-state index contributed by atoms with van der Waals surface area (Å²) in [5.74, 6) is 0. The number of halogens is 3. The molecule has 1 aliphatic carbocycles. The van der Waals surface area contributed by atoms with Crippen molar-refractivity contribution in [2.75, 3.05) is 10.5 Å². The third-order valence-electron chi connectivity index (χ3n) is 3.59. The van der Waals surface area contributed by atoms with Crippen LogP contribution in [0.1, 0.15) is 37.7 Å². The molecule has 0 unspecified atom stereocenters. The van der Waals surface area contributed by atoms with Gasteiger partial charge in [0.05, 0.1) is 16.5 Å². The van der Waals surface area contributed by atoms with Gasteiger partial charge in [-0.05, 0) is 31.0 Å². The smallest absolute Gasteiger partial charge is 0.399 e. The molecule has 0 heterocycles. The summed E-state index contributed by atoms with van der Waals surface area (Å²) in [6.07, 6.45) is -1.20. The second kappa shape index (κ2) is 5.75. The van der Waals surface area contributed by atoms with Crippen LogP contribution in [0.25, 0.3) is 0 Å². The minimum Gasteiger partial charge on any atom is -0.399 e. The van der Waals surface area contributed by atoms with Gasteiger partial charge in [0.15, 0.2) is 0 Å². The van der Waals surface area contributed by atoms with Gasteiger partial charge in [-0.1, -0.05) is 19.3 Å². The fraction of sp³-hybridized carbons (Fsp3) is 0.538. The highest BCUT2D eigenvalue weighted by Gasteiger charge is 2.36. The number of sulfonamides is 1. The molecule has 1 aromatic rings. The van der Waals surface area contributed by atoms with E-state index in [-0.39, 0.29) is 5.69 Å². The third kappa shape index (κ3) is 3.81. The van der Waals surface area contributed by atoms with Gasteiger partial charge in [0.2, 0.25) is 10.0 Å². The molecule has 1 aromatic carbocycles. The van der Waals surface area contributed by atoms with Crippen molar-refractivity contribution in [2.24, 2.45) is 0 Å². The topological polar surface area (TPSA) is 72.2 Å². The van der Waals surface area contributed by atoms with Gasteiger partial charge in [0.25, 0.3) is 0 Å². The fourth-order valence-corrected chi connectivity index (χ4v) is 4.10. The number of hydrogen-bond donors (Lipinski definition) is 2. The standard InChI is InChI=1S/C13H17F3N2O2S/c14-13(15,16)11-8-9(17)6-7-12(11)18-21(19,20)10-4-2-1-3-5-10/h6-8,10,18H,1-5,17H2. The first-order valence-corrected chi connectivity index (χ1v) is 8.23. The maximum atomic E-state index is 13.0. The molecule has 0 radical (unpaired) electrons. The first kappa shape index (κ1) is 15.9. The minimum atomic E-state index is -4.67. The van der Waals surface area contributed by atoms with Gasteiger partial charge in [-0.25, -0.2) is 8.42 Å². The first-order chi connectivity index (χ1) is 9.70. The van der Waals surface area contributed by atoms with Gasteiger partial charge >= 0.3 is 6.18 Å². The summed E-state index contributed by atoms with van der Waals surface area (Å²) >= 11 is 0. The Morgan fingerprint density at radius 3 is 2.33 bits per heavy atom. The second-order valence-electron chi connectivity index (χ2n) is 5.21. The molecule has 1 saturated carbocycles. The zero-order chi connectivity index (χ0) is 15.7. The summed E-state index contributed by atoms with van der Waals surface area (Å²) in [5.41, 5.74) is 3.75. The summed E-state index contributed by atoms with van der Waals surface area (Å²) in [4.78, 5) is 0. The predicted molar refractivity (Wildman–Crippen MR) is 75.3 cm³/mol. The zero-order valence-electron chi connectivity index (χ0n) is 11.3. The lowest BCUT2D eigenvalue weighted by Gasteiger charge is -2.23. The van der Waals surface area contributed by atoms with Crippen LogP contribution in [0, 0.1) is 0 Å². The molecule has 4 nitrogen and oxygen atoms in total. The van der Waals surface area contributed by atoms with Crippen LogP contribution in [0.4, 0.5) is 24.5 Å². The van der Waals surface area contributed by atoms with Crippen molar-refractivity contribution in [2.45, 2.75) is 43.5 Å². The highest BCUT2D eigenvalue weighted by Crippen LogP contribution is 2.37. The molecule has 0 atom stereocenters. The summed E-state index contributed by atoms with van der Waals surface area (Å²) in [6.45, 7) is 0. The normalized spacial score (nSPS) is 17.7. The Bertz CT molecular complexity index is 608. The highest BCUT2D eigenvalue weighted by molar-refractivity contribution is 7.93. The highest BCUT2D eigenvalue weighted by atomic mass is 32.2. The number of rotatable bonds is 3. The number of anilines is 2. The molecule has 0 saturated heterocycles. The van der Waals surface area contributed by atoms with Crippen molar-refractivity contribution >= 4 is 21.4 Å². The molecule has 3 N–H and O–H groups in total. The van der Waals surface area contributed by atoms with E-state index in [0.717, 1.165) is 31.4 Å². The number of alkyl halides is 3. The van der Waals surface area contributed by atoms with Gasteiger partial charge in [0, 0.05) is 5.69 Å². The molecule has 2 rings (SSSR count). The third-order valence-corrected chi connectivity index (χ3v) is 5.45. The van der Waals surface area contributed by atoms with Crippen molar-refractivity contribution in [3.05, 3.63) is 23.8 Å². The predicted octanol–water partition coefficient (Wildman–Crippen LogP) is 3.36. The van der Waals surface area contributed by atoms with E-state index in [4.69, 9.17) is 5.73 Å². The Labute approximate surface area is 121 Å². The number of nitrogens with two attached hydrogens (primary N) is 1. The first-order valence-electron chi connectivity index (χ1n) is 6.68. The molecule has 0 spiro atoms. The van der Waals surface area contributed by atoms with Crippen LogP contribution in [-0.2, 0) is 16.2 Å². The van der Waals surface area contributed by atoms with Crippen LogP contribution >= 0.6 is 0 Å². The van der Waals surface area contributed by atoms with E-state index >= 15 is 0 Å². The number of nitrogens with one attached hydrogen (secondary N) is 1. The van der Waals surface area contributed by atoms with E-state index in [1.54, 1.807) is 0 Å². The van der Waals surface area contributed by atoms with Gasteiger partial charge < -0.3 is 5.73 Å². The van der Waals surface area contributed by atoms with E-state index in [1.165, 1.54) is 6.07 Å². The van der Waals surface area contributed by atoms with Crippen LogP contribution < -0.4 is 10.5 Å². The Morgan fingerprint density at radius 1 is 1.14 bits per heavy atom. The second-order valence-corrected chi connectivity index (χ2v) is 7.17. The van der Waals surface area contributed by atoms with Gasteiger partial charge in [-0.3, -0.25) is 4.72 Å². The van der Waals surface area contributed by atoms with Crippen LogP contribution in [-0.4, -0.2) is 13.7 Å². The van der Waals surface area contributed by atoms with Gasteiger partial charge in [0.1, 0.15) is 0 Å². The molecule has 21 heavy (non-hydrogen) atoms. The molecular weight excluding hydrogens is 305 g/mol. The van der Waals surface area contributed by atoms with E-state index in [0.29, 0.717) is 12.8 Å². The number of benzene rings is 1. The molecule has 0 aliphatic heterocycles. The van der Waals surface area contributed by atoms with Crippen LogP contribution in [0.5, 0.6) is 0 Å². The SMILES string of the molecule is Nc1ccc(NS(=O)(=O)C2CCCCC2)c(C(F)(F)F)c1. The van der Waals surface area contributed by atoms with Crippen LogP contribution in [0.15, 0.2) is 18.2 Å². The number of hydrogen-bond acceptors (Lipinski definition) is 3. The lowest BCUT2D eigenvalue weighted by atomic mass is 10.0. The van der Waals surface area contributed by atoms with Crippen molar-refractivity contribution in [3.63, 3.8) is 0 Å². The summed E-state index contributed by atoms with van der Waals surface area (Å²) in [7, 11) is -3.82. The summed E-state index contributed by atoms with van der Waals surface area (Å²) < 4.78 is 65.4. The lowest BCUT2D eigenvalue weighted by molar-refractivity contribution is -0.136. The van der Waals surface area contributed by atoms with Crippen molar-refractivity contribution in [1.82, 2.24) is 0 Å². The lowest BCUT2D eigenvalue weighted by Crippen LogP contribution is -2.30. The average molecular weight is 322 g/mol. The van der Waals surface area contributed by atoms with Crippen molar-refractivity contribution in [3.8, 4) is 0 Å². The van der Waals surface area contributed by atoms with E-state index < -0.39 is 32.7 Å². The molecule has 1 aliphatic rings. The molecule has 0 bridgehead atoms. The van der Waals surface area contributed by atoms with E-state index in [2.05, 4.69) is 4.72 Å². The Balaban J connectivity index is 2.30. The Kier molecular flexibility index (Phi) is 4.36. The molecule has 0 aromatic heterocycles. The molecule has 118 valence electrons. The summed E-state index contributed by atoms with van der Waals surface area (Å²) in [5, 5.41) is -0.634. The number of nitrogen functional groups attached to an aromatic ring is 1. The summed E-state index contributed by atoms with van der Waals surface area (Å²) in [6, 6.07) is 3.03. The van der Waals surface area contributed by atoms with E-state index in [9.17, 15) is 21.6 Å². The maximum Gasteiger partial charge on any atom is 0.418 e. The maximum absolute atomic E-state index is 13.0. The van der Waals surface area contributed by atoms with Crippen molar-refractivity contribution in [1.29, 1.82) is 0 Å². The Morgan fingerprint density at radius 2 is 1.76 bits per heavy atom. The zero-order valence-corrected chi connectivity index (χ0v) is 12.1. The van der Waals surface area contributed by atoms with Crippen molar-refractivity contribution < 1.29 is 21.6 Å². The fourth-order valence-electron chi connectivity index (χ4n) is 2.50. The minimum absolute atomic E-state index is 0.0667. The molecule has 0 amide bonds. The van der Waals surface area contributed by atoms with Crippen LogP contribution in [0.3, 0.4) is 0 Å². The largest absolute Gasteiger partial charge is 0.418 e. The average Bonchev–Trinajstić information content (AvgIpc) is 2.40. The van der Waals surface area contributed by atoms with Gasteiger partial charge in [-0.2, -0.15) is 13.2 Å². The molecule has 1 fully saturated rings. The van der Waals surface area contributed by atoms with Crippen LogP contribution in [0.2, 0.25) is 0 Å². The van der Waals surface area contributed by atoms with E-state index in [1.807, 2.05) is 0 Å². The quantitative estimate of drug-likeness (QED) is 0.838.